The number of nitrogens with two attached hydrogens (primary N) is 1. The predicted octanol–water partition coefficient (Wildman–Crippen LogP) is 2.18. The largest absolute Gasteiger partial charge is 0.377 e. The van der Waals surface area contributed by atoms with E-state index in [2.05, 4.69) is 34.3 Å². The lowest BCUT2D eigenvalue weighted by Crippen LogP contribution is -2.58. The van der Waals surface area contributed by atoms with Gasteiger partial charge >= 0.3 is 0 Å². The lowest BCUT2D eigenvalue weighted by Gasteiger charge is -2.43. The van der Waals surface area contributed by atoms with Gasteiger partial charge in [0, 0.05) is 67.5 Å². The van der Waals surface area contributed by atoms with E-state index in [1.54, 1.807) is 29.4 Å². The van der Waals surface area contributed by atoms with E-state index >= 15 is 0 Å². The molecule has 4 heterocycles. The molecule has 8 nitrogen and oxygen atoms in total. The van der Waals surface area contributed by atoms with Gasteiger partial charge in [0.1, 0.15) is 6.04 Å². The van der Waals surface area contributed by atoms with Crippen LogP contribution in [0.25, 0.3) is 0 Å². The number of pyridine rings is 1. The highest BCUT2D eigenvalue weighted by molar-refractivity contribution is 7.11. The summed E-state index contributed by atoms with van der Waals surface area (Å²) in [7, 11) is 0. The van der Waals surface area contributed by atoms with Crippen LogP contribution in [0.2, 0.25) is 0 Å². The second kappa shape index (κ2) is 11.9. The van der Waals surface area contributed by atoms with Crippen molar-refractivity contribution in [3.63, 3.8) is 0 Å². The van der Waals surface area contributed by atoms with Gasteiger partial charge in [-0.3, -0.25) is 19.5 Å². The van der Waals surface area contributed by atoms with Crippen LogP contribution < -0.4 is 11.1 Å². The van der Waals surface area contributed by atoms with Gasteiger partial charge in [-0.05, 0) is 56.9 Å². The number of carbonyl (C=O) groups is 2. The molecule has 0 bridgehead atoms. The summed E-state index contributed by atoms with van der Waals surface area (Å²) in [5, 5.41) is 2.91. The average molecular weight is 486 g/mol. The van der Waals surface area contributed by atoms with Crippen LogP contribution in [0.15, 0.2) is 36.7 Å². The first-order valence-electron chi connectivity index (χ1n) is 12.1. The summed E-state index contributed by atoms with van der Waals surface area (Å²) in [4.78, 5) is 37.3. The monoisotopic (exact) mass is 485 g/mol. The number of nitrogens with zero attached hydrogens (tertiary/aromatic N) is 3. The molecule has 0 aliphatic carbocycles. The Morgan fingerprint density at radius 2 is 2.21 bits per heavy atom. The molecule has 34 heavy (non-hydrogen) atoms. The van der Waals surface area contributed by atoms with E-state index in [9.17, 15) is 9.59 Å². The van der Waals surface area contributed by atoms with Gasteiger partial charge < -0.3 is 20.7 Å². The first-order valence-corrected chi connectivity index (χ1v) is 13.0. The number of aryl methyl sites for hydroxylation is 1. The molecule has 4 rings (SSSR count). The number of hydrogen-bond donors (Lipinski definition) is 2. The van der Waals surface area contributed by atoms with Crippen LogP contribution in [0.4, 0.5) is 0 Å². The standard InChI is InChI=1S/C25H35N5O3S/c1-18-6-7-22(34-18)17-29(16-21-5-3-13-33-21)20-8-12-30(23(14-20)24(31)28-11-9-26)25(32)19-4-2-10-27-15-19/h2,4,6-7,10,15,20-21,23H,3,5,8-9,11-14,16-17,26H2,1H3,(H,28,31)/t20?,21?,23-/m1/s1. The van der Waals surface area contributed by atoms with Crippen LogP contribution in [0.3, 0.4) is 0 Å². The molecule has 2 fully saturated rings. The Balaban J connectivity index is 1.54. The maximum atomic E-state index is 13.3. The van der Waals surface area contributed by atoms with E-state index in [1.807, 2.05) is 11.3 Å². The number of amides is 2. The fourth-order valence-corrected chi connectivity index (χ4v) is 5.82. The third-order valence-corrected chi connectivity index (χ3v) is 7.61. The number of nitrogens with one attached hydrogen (secondary N) is 1. The van der Waals surface area contributed by atoms with Gasteiger partial charge in [0.25, 0.3) is 5.91 Å². The zero-order chi connectivity index (χ0) is 23.9. The number of carbonyl (C=O) groups excluding carboxylic acids is 2. The minimum Gasteiger partial charge on any atom is -0.377 e. The minimum atomic E-state index is -0.546. The molecule has 2 saturated heterocycles. The highest BCUT2D eigenvalue weighted by Crippen LogP contribution is 2.28. The average Bonchev–Trinajstić information content (AvgIpc) is 3.53. The van der Waals surface area contributed by atoms with Crippen molar-refractivity contribution in [2.75, 3.05) is 32.8 Å². The number of thiophene rings is 1. The van der Waals surface area contributed by atoms with E-state index < -0.39 is 6.04 Å². The van der Waals surface area contributed by atoms with Gasteiger partial charge in [0.15, 0.2) is 0 Å². The topological polar surface area (TPSA) is 101 Å². The molecule has 0 aromatic carbocycles. The number of ether oxygens (including phenoxy) is 1. The maximum Gasteiger partial charge on any atom is 0.256 e. The van der Waals surface area contributed by atoms with Gasteiger partial charge in [-0.15, -0.1) is 11.3 Å². The fraction of sp³-hybridized carbons (Fsp3) is 0.560. The summed E-state index contributed by atoms with van der Waals surface area (Å²) in [6, 6.07) is 7.47. The van der Waals surface area contributed by atoms with Crippen LogP contribution in [0, 0.1) is 6.92 Å². The number of likely N-dealkylation sites (tertiary alicyclic amines) is 1. The van der Waals surface area contributed by atoms with Gasteiger partial charge in [-0.25, -0.2) is 0 Å². The van der Waals surface area contributed by atoms with Crippen molar-refractivity contribution in [3.05, 3.63) is 52.0 Å². The summed E-state index contributed by atoms with van der Waals surface area (Å²) in [6.45, 7) is 5.89. The molecule has 0 radical (unpaired) electrons. The van der Waals surface area contributed by atoms with Crippen LogP contribution in [0.1, 0.15) is 45.8 Å². The zero-order valence-corrected chi connectivity index (χ0v) is 20.6. The number of rotatable bonds is 9. The Labute approximate surface area is 205 Å². The minimum absolute atomic E-state index is 0.142. The Hall–Kier alpha value is -2.33. The maximum absolute atomic E-state index is 13.3. The molecule has 2 aromatic rings. The zero-order valence-electron chi connectivity index (χ0n) is 19.8. The van der Waals surface area contributed by atoms with Crippen LogP contribution >= 0.6 is 11.3 Å². The summed E-state index contributed by atoms with van der Waals surface area (Å²) >= 11 is 1.81. The predicted molar refractivity (Wildman–Crippen MR) is 133 cm³/mol. The van der Waals surface area contributed by atoms with Crippen molar-refractivity contribution >= 4 is 23.2 Å². The van der Waals surface area contributed by atoms with Crippen LogP contribution in [-0.4, -0.2) is 77.6 Å². The molecule has 9 heteroatoms. The summed E-state index contributed by atoms with van der Waals surface area (Å²) < 4.78 is 5.96. The molecule has 184 valence electrons. The Kier molecular flexibility index (Phi) is 8.66. The van der Waals surface area contributed by atoms with E-state index in [4.69, 9.17) is 10.5 Å². The highest BCUT2D eigenvalue weighted by Gasteiger charge is 2.39. The van der Waals surface area contributed by atoms with Gasteiger partial charge in [-0.1, -0.05) is 0 Å². The van der Waals surface area contributed by atoms with Gasteiger partial charge in [0.2, 0.25) is 5.91 Å². The second-order valence-electron chi connectivity index (χ2n) is 9.09. The molecule has 3 N–H and O–H groups in total. The van der Waals surface area contributed by atoms with Crippen molar-refractivity contribution in [1.29, 1.82) is 0 Å². The normalized spacial score (nSPS) is 22.8. The summed E-state index contributed by atoms with van der Waals surface area (Å²) in [6.07, 6.45) is 6.98. The molecule has 2 unspecified atom stereocenters. The fourth-order valence-electron chi connectivity index (χ4n) is 4.90. The molecule has 2 aliphatic rings. The highest BCUT2D eigenvalue weighted by atomic mass is 32.1. The molecule has 2 aliphatic heterocycles. The third kappa shape index (κ3) is 6.21. The van der Waals surface area contributed by atoms with Crippen LogP contribution in [-0.2, 0) is 16.1 Å². The van der Waals surface area contributed by atoms with Crippen molar-refractivity contribution in [2.24, 2.45) is 5.73 Å². The third-order valence-electron chi connectivity index (χ3n) is 6.62. The second-order valence-corrected chi connectivity index (χ2v) is 10.5. The van der Waals surface area contributed by atoms with Gasteiger partial charge in [0.05, 0.1) is 11.7 Å². The number of aromatic nitrogens is 1. The first kappa shape index (κ1) is 24.8. The Morgan fingerprint density at radius 3 is 2.88 bits per heavy atom. The van der Waals surface area contributed by atoms with E-state index in [-0.39, 0.29) is 24.0 Å². The molecular weight excluding hydrogens is 450 g/mol. The van der Waals surface area contributed by atoms with Crippen molar-refractivity contribution in [1.82, 2.24) is 20.1 Å². The van der Waals surface area contributed by atoms with Crippen molar-refractivity contribution < 1.29 is 14.3 Å². The molecular formula is C25H35N5O3S. The van der Waals surface area contributed by atoms with E-state index in [0.717, 1.165) is 39.0 Å². The van der Waals surface area contributed by atoms with E-state index in [1.165, 1.54) is 9.75 Å². The summed E-state index contributed by atoms with van der Waals surface area (Å²) in [5.74, 6) is -0.296. The molecule has 0 saturated carbocycles. The van der Waals surface area contributed by atoms with Crippen LogP contribution in [0.5, 0.6) is 0 Å². The molecule has 2 amide bonds. The Morgan fingerprint density at radius 1 is 1.32 bits per heavy atom. The Bertz CT molecular complexity index is 947. The quantitative estimate of drug-likeness (QED) is 0.565. The van der Waals surface area contributed by atoms with Crippen molar-refractivity contribution in [2.45, 2.75) is 57.3 Å². The molecule has 0 spiro atoms. The SMILES string of the molecule is Cc1ccc(CN(CC2CCCO2)C2CCN(C(=O)c3cccnc3)[C@@H](C(=O)NCCN)C2)s1. The lowest BCUT2D eigenvalue weighted by atomic mass is 9.93. The smallest absolute Gasteiger partial charge is 0.256 e. The number of hydrogen-bond acceptors (Lipinski definition) is 7. The van der Waals surface area contributed by atoms with E-state index in [0.29, 0.717) is 31.6 Å². The molecule has 2 aromatic heterocycles. The first-order chi connectivity index (χ1) is 16.5. The number of piperidine rings is 1. The molecule has 3 atom stereocenters. The summed E-state index contributed by atoms with van der Waals surface area (Å²) in [5.41, 5.74) is 6.12. The van der Waals surface area contributed by atoms with Gasteiger partial charge in [-0.2, -0.15) is 0 Å². The van der Waals surface area contributed by atoms with Crippen molar-refractivity contribution in [3.8, 4) is 0 Å². The lowest BCUT2D eigenvalue weighted by molar-refractivity contribution is -0.127.